The second-order valence-electron chi connectivity index (χ2n) is 0.238. The van der Waals surface area contributed by atoms with E-state index in [2.05, 4.69) is 0 Å². The van der Waals surface area contributed by atoms with Crippen LogP contribution in [0, 0.1) is 10.1 Å². The molecular formula is H3AlMgNO4+5. The van der Waals surface area contributed by atoms with Gasteiger partial charge in [0.25, 0.3) is 5.09 Å². The third-order valence-corrected chi connectivity index (χ3v) is 0. The molecule has 0 unspecified atom stereocenters. The normalized spacial score (nSPS) is 3.43. The van der Waals surface area contributed by atoms with E-state index in [1.165, 1.54) is 0 Å². The maximum absolute atomic E-state index is 8.36. The summed E-state index contributed by atoms with van der Waals surface area (Å²) in [5.74, 6) is 0. The minimum Gasteiger partial charge on any atom is -0.412 e. The molecule has 0 spiro atoms. The van der Waals surface area contributed by atoms with Crippen LogP contribution in [0.1, 0.15) is 0 Å². The van der Waals surface area contributed by atoms with E-state index in [1.807, 2.05) is 0 Å². The summed E-state index contributed by atoms with van der Waals surface area (Å²) in [6, 6.07) is 0. The van der Waals surface area contributed by atoms with Gasteiger partial charge in [-0.25, -0.2) is 0 Å². The van der Waals surface area contributed by atoms with Crippen LogP contribution in [0.15, 0.2) is 0 Å². The van der Waals surface area contributed by atoms with Crippen molar-refractivity contribution in [3.63, 3.8) is 0 Å². The first-order chi connectivity index (χ1) is 1.73. The standard InChI is InChI=1S/Al.Mg.HNO3.H2O/c;;2-1(3)4;/h;;(H,2,3,4);1H2/q+3;+2;;. The molecule has 0 aliphatic rings. The third kappa shape index (κ3) is 610. The fourth-order valence-corrected chi connectivity index (χ4v) is 0. The molecule has 32 valence electrons. The Kier molecular flexibility index (Phi) is 59.8. The van der Waals surface area contributed by atoms with Gasteiger partial charge in [-0.15, -0.1) is 10.1 Å². The number of hydrogen-bond acceptors (Lipinski definition) is 2. The average molecular weight is 132 g/mol. The van der Waals surface area contributed by atoms with Crippen LogP contribution in [0.5, 0.6) is 0 Å². The van der Waals surface area contributed by atoms with Crippen molar-refractivity contribution in [2.75, 3.05) is 0 Å². The Morgan fingerprint density at radius 2 is 1.57 bits per heavy atom. The molecule has 0 rings (SSSR count). The summed E-state index contributed by atoms with van der Waals surface area (Å²) in [6.07, 6.45) is 0. The Morgan fingerprint density at radius 1 is 1.57 bits per heavy atom. The summed E-state index contributed by atoms with van der Waals surface area (Å²) in [4.78, 5) is 8.36. The van der Waals surface area contributed by atoms with Crippen molar-refractivity contribution in [3.05, 3.63) is 10.1 Å². The van der Waals surface area contributed by atoms with Crippen LogP contribution in [0.4, 0.5) is 0 Å². The second kappa shape index (κ2) is 16.1. The molecule has 0 aromatic heterocycles. The summed E-state index contributed by atoms with van der Waals surface area (Å²) >= 11 is 0. The fourth-order valence-electron chi connectivity index (χ4n) is 0. The van der Waals surface area contributed by atoms with Crippen LogP contribution >= 0.6 is 0 Å². The summed E-state index contributed by atoms with van der Waals surface area (Å²) in [5.41, 5.74) is 0. The molecule has 0 heterocycles. The van der Waals surface area contributed by atoms with Crippen LogP contribution < -0.4 is 0 Å². The van der Waals surface area contributed by atoms with Crippen LogP contribution in [0.2, 0.25) is 0 Å². The van der Waals surface area contributed by atoms with E-state index in [0.717, 1.165) is 0 Å². The zero-order valence-corrected chi connectivity index (χ0v) is 6.06. The second-order valence-corrected chi connectivity index (χ2v) is 0.238. The van der Waals surface area contributed by atoms with E-state index in [1.54, 1.807) is 0 Å². The van der Waals surface area contributed by atoms with Gasteiger partial charge in [0, 0.05) is 0 Å². The zero-order chi connectivity index (χ0) is 3.58. The van der Waals surface area contributed by atoms with Crippen molar-refractivity contribution in [1.82, 2.24) is 0 Å². The molecule has 0 radical (unpaired) electrons. The Morgan fingerprint density at radius 3 is 1.57 bits per heavy atom. The Hall–Kier alpha value is 0.459. The molecule has 0 aliphatic heterocycles. The van der Waals surface area contributed by atoms with Crippen molar-refractivity contribution in [1.29, 1.82) is 0 Å². The van der Waals surface area contributed by atoms with E-state index in [0.29, 0.717) is 0 Å². The van der Waals surface area contributed by atoms with Crippen LogP contribution in [-0.2, 0) is 0 Å². The largest absolute Gasteiger partial charge is 3.00 e. The van der Waals surface area contributed by atoms with Crippen LogP contribution in [0.25, 0.3) is 0 Å². The van der Waals surface area contributed by atoms with Crippen molar-refractivity contribution in [3.8, 4) is 0 Å². The van der Waals surface area contributed by atoms with E-state index in [4.69, 9.17) is 15.3 Å². The molecule has 0 saturated heterocycles. The summed E-state index contributed by atoms with van der Waals surface area (Å²) in [6.45, 7) is 0. The van der Waals surface area contributed by atoms with E-state index >= 15 is 0 Å². The van der Waals surface area contributed by atoms with Gasteiger partial charge in [-0.05, 0) is 0 Å². The van der Waals surface area contributed by atoms with Crippen molar-refractivity contribution in [2.45, 2.75) is 0 Å². The molecule has 3 N–H and O–H groups in total. The van der Waals surface area contributed by atoms with Crippen LogP contribution in [0.3, 0.4) is 0 Å². The molecule has 0 aromatic carbocycles. The average Bonchev–Trinajstić information content (AvgIpc) is 0.811. The summed E-state index contributed by atoms with van der Waals surface area (Å²) < 4.78 is 0. The van der Waals surface area contributed by atoms with Gasteiger partial charge in [0.05, 0.1) is 0 Å². The predicted molar refractivity (Wildman–Crippen MR) is 23.9 cm³/mol. The monoisotopic (exact) mass is 132 g/mol. The van der Waals surface area contributed by atoms with E-state index in [-0.39, 0.29) is 45.9 Å². The molecule has 0 amide bonds. The minimum atomic E-state index is -1.50. The molecular weight excluding hydrogens is 129 g/mol. The molecule has 0 aliphatic carbocycles. The van der Waals surface area contributed by atoms with Gasteiger partial charge < -0.3 is 10.7 Å². The van der Waals surface area contributed by atoms with Crippen molar-refractivity contribution in [2.24, 2.45) is 0 Å². The van der Waals surface area contributed by atoms with Crippen molar-refractivity contribution >= 4 is 40.4 Å². The molecule has 7 heavy (non-hydrogen) atoms. The molecule has 0 aromatic rings. The summed E-state index contributed by atoms with van der Waals surface area (Å²) in [5, 5.41) is 13.6. The fraction of sp³-hybridized carbons (Fsp3) is 0. The first-order valence-electron chi connectivity index (χ1n) is 0.565. The first kappa shape index (κ1) is 26.0. The maximum atomic E-state index is 8.36. The van der Waals surface area contributed by atoms with Gasteiger partial charge in [0.1, 0.15) is 0 Å². The van der Waals surface area contributed by atoms with E-state index < -0.39 is 5.09 Å². The number of hydrogen-bond donors (Lipinski definition) is 1. The van der Waals surface area contributed by atoms with Crippen molar-refractivity contribution < 1.29 is 15.8 Å². The van der Waals surface area contributed by atoms with Gasteiger partial charge >= 0.3 is 40.4 Å². The summed E-state index contributed by atoms with van der Waals surface area (Å²) in [7, 11) is 0. The SMILES string of the molecule is O.O=[N+]([O-])O.[Al+3].[Mg+2]. The number of rotatable bonds is 0. The Balaban J connectivity index is -0.0000000150. The molecule has 0 atom stereocenters. The number of nitrogens with zero attached hydrogens (tertiary/aromatic N) is 1. The molecule has 0 saturated carbocycles. The van der Waals surface area contributed by atoms with Gasteiger partial charge in [-0.2, -0.15) is 0 Å². The minimum absolute atomic E-state index is 0. The van der Waals surface area contributed by atoms with Gasteiger partial charge in [0.15, 0.2) is 0 Å². The van der Waals surface area contributed by atoms with E-state index in [9.17, 15) is 0 Å². The van der Waals surface area contributed by atoms with Gasteiger partial charge in [0.2, 0.25) is 0 Å². The molecule has 7 heteroatoms. The topological polar surface area (TPSA) is 94.9 Å². The Labute approximate surface area is 66.4 Å². The van der Waals surface area contributed by atoms with Gasteiger partial charge in [-0.1, -0.05) is 0 Å². The molecule has 5 nitrogen and oxygen atoms in total. The zero-order valence-electron chi connectivity index (χ0n) is 3.50. The van der Waals surface area contributed by atoms with Crippen LogP contribution in [-0.4, -0.2) is 56.2 Å². The molecule has 0 bridgehead atoms. The predicted octanol–water partition coefficient (Wildman–Crippen LogP) is -1.93. The first-order valence-corrected chi connectivity index (χ1v) is 0.565. The maximum Gasteiger partial charge on any atom is 3.00 e. The quantitative estimate of drug-likeness (QED) is 0.236. The molecule has 0 fully saturated rings. The Bertz CT molecular complexity index is 34.7. The third-order valence-electron chi connectivity index (χ3n) is 0. The smallest absolute Gasteiger partial charge is 0.412 e. The van der Waals surface area contributed by atoms with Gasteiger partial charge in [-0.3, -0.25) is 0 Å².